The first kappa shape index (κ1) is 22.4. The molecule has 3 amide bonds. The van der Waals surface area contributed by atoms with E-state index in [1.54, 1.807) is 48.5 Å². The number of fused-ring (bicyclic) bond motifs is 1. The molecule has 4 rings (SSSR count). The third kappa shape index (κ3) is 4.70. The highest BCUT2D eigenvalue weighted by atomic mass is 32.2. The van der Waals surface area contributed by atoms with Crippen molar-refractivity contribution in [1.29, 1.82) is 0 Å². The van der Waals surface area contributed by atoms with Crippen LogP contribution >= 0.6 is 11.8 Å². The molecule has 0 unspecified atom stereocenters. The Morgan fingerprint density at radius 2 is 1.58 bits per heavy atom. The summed E-state index contributed by atoms with van der Waals surface area (Å²) in [4.78, 5) is 39.8. The number of anilines is 1. The van der Waals surface area contributed by atoms with Gasteiger partial charge in [-0.25, -0.2) is 0 Å². The molecule has 0 radical (unpaired) electrons. The first-order chi connectivity index (χ1) is 16.0. The van der Waals surface area contributed by atoms with Gasteiger partial charge in [-0.15, -0.1) is 11.8 Å². The molecule has 0 bridgehead atoms. The van der Waals surface area contributed by atoms with E-state index in [9.17, 15) is 14.4 Å². The van der Waals surface area contributed by atoms with E-state index in [0.29, 0.717) is 46.2 Å². The zero-order chi connectivity index (χ0) is 23.4. The van der Waals surface area contributed by atoms with Gasteiger partial charge in [0.25, 0.3) is 17.7 Å². The molecule has 0 aliphatic carbocycles. The van der Waals surface area contributed by atoms with E-state index in [1.165, 1.54) is 30.9 Å². The molecule has 0 atom stereocenters. The lowest BCUT2D eigenvalue weighted by Crippen LogP contribution is -2.31. The van der Waals surface area contributed by atoms with E-state index < -0.39 is 0 Å². The van der Waals surface area contributed by atoms with Gasteiger partial charge in [0, 0.05) is 28.4 Å². The summed E-state index contributed by atoms with van der Waals surface area (Å²) in [5, 5.41) is 2.88. The zero-order valence-electron chi connectivity index (χ0n) is 18.2. The first-order valence-electron chi connectivity index (χ1n) is 10.2. The number of ether oxygens (including phenoxy) is 2. The van der Waals surface area contributed by atoms with Crippen molar-refractivity contribution in [3.05, 3.63) is 83.4 Å². The van der Waals surface area contributed by atoms with Crippen molar-refractivity contribution in [3.8, 4) is 11.5 Å². The first-order valence-corrected chi connectivity index (χ1v) is 11.2. The van der Waals surface area contributed by atoms with E-state index in [-0.39, 0.29) is 17.7 Å². The largest absolute Gasteiger partial charge is 0.493 e. The van der Waals surface area contributed by atoms with Crippen LogP contribution in [0.5, 0.6) is 11.5 Å². The van der Waals surface area contributed by atoms with Crippen LogP contribution < -0.4 is 14.8 Å². The number of carbonyl (C=O) groups excluding carboxylic acids is 3. The number of benzene rings is 3. The maximum absolute atomic E-state index is 12.7. The summed E-state index contributed by atoms with van der Waals surface area (Å²) in [6.45, 7) is 0.305. The monoisotopic (exact) mass is 462 g/mol. The van der Waals surface area contributed by atoms with E-state index in [0.717, 1.165) is 4.90 Å². The van der Waals surface area contributed by atoms with Gasteiger partial charge in [0.05, 0.1) is 25.3 Å². The minimum Gasteiger partial charge on any atom is -0.493 e. The Labute approximate surface area is 195 Å². The topological polar surface area (TPSA) is 84.9 Å². The Morgan fingerprint density at radius 3 is 2.24 bits per heavy atom. The van der Waals surface area contributed by atoms with Crippen LogP contribution in [0.4, 0.5) is 5.69 Å². The number of carbonyl (C=O) groups is 3. The van der Waals surface area contributed by atoms with Gasteiger partial charge < -0.3 is 14.8 Å². The average Bonchev–Trinajstić information content (AvgIpc) is 3.08. The molecule has 1 aliphatic rings. The minimum absolute atomic E-state index is 0.257. The molecule has 168 valence electrons. The van der Waals surface area contributed by atoms with Gasteiger partial charge in [-0.1, -0.05) is 18.2 Å². The van der Waals surface area contributed by atoms with Crippen molar-refractivity contribution in [2.24, 2.45) is 0 Å². The summed E-state index contributed by atoms with van der Waals surface area (Å²) in [5.41, 5.74) is 1.98. The molecule has 7 nitrogen and oxygen atoms in total. The summed E-state index contributed by atoms with van der Waals surface area (Å²) < 4.78 is 10.5. The lowest BCUT2D eigenvalue weighted by Gasteiger charge is -2.14. The standard InChI is InChI=1S/C25H22N2O5S/c1-31-21-11-10-16(14-22(21)32-2)23(28)26-17-6-5-7-18(15-17)33-13-12-27-24(29)19-8-3-4-9-20(19)25(27)30/h3-11,14-15H,12-13H2,1-2H3,(H,26,28). The highest BCUT2D eigenvalue weighted by Gasteiger charge is 2.34. The van der Waals surface area contributed by atoms with Crippen LogP contribution in [-0.4, -0.2) is 49.1 Å². The lowest BCUT2D eigenvalue weighted by molar-refractivity contribution is 0.0664. The van der Waals surface area contributed by atoms with Gasteiger partial charge in [0.15, 0.2) is 11.5 Å². The molecule has 1 aliphatic heterocycles. The summed E-state index contributed by atoms with van der Waals surface area (Å²) in [7, 11) is 3.05. The number of nitrogens with one attached hydrogen (secondary N) is 1. The van der Waals surface area contributed by atoms with Crippen LogP contribution in [0.25, 0.3) is 0 Å². The molecule has 0 saturated carbocycles. The Kier molecular flexibility index (Phi) is 6.65. The highest BCUT2D eigenvalue weighted by Crippen LogP contribution is 2.29. The van der Waals surface area contributed by atoms with E-state index in [1.807, 2.05) is 18.2 Å². The molecule has 3 aromatic carbocycles. The predicted molar refractivity (Wildman–Crippen MR) is 126 cm³/mol. The molecular weight excluding hydrogens is 440 g/mol. The molecule has 3 aromatic rings. The molecule has 8 heteroatoms. The second-order valence-electron chi connectivity index (χ2n) is 7.21. The molecule has 0 saturated heterocycles. The summed E-state index contributed by atoms with van der Waals surface area (Å²) in [6, 6.07) is 19.2. The van der Waals surface area contributed by atoms with Crippen molar-refractivity contribution in [2.45, 2.75) is 4.90 Å². The summed E-state index contributed by atoms with van der Waals surface area (Å²) >= 11 is 1.50. The Morgan fingerprint density at radius 1 is 0.879 bits per heavy atom. The third-order valence-electron chi connectivity index (χ3n) is 5.20. The van der Waals surface area contributed by atoms with E-state index in [4.69, 9.17) is 9.47 Å². The van der Waals surface area contributed by atoms with Crippen molar-refractivity contribution in [1.82, 2.24) is 4.90 Å². The number of hydrogen-bond acceptors (Lipinski definition) is 6. The molecule has 0 spiro atoms. The van der Waals surface area contributed by atoms with Crippen molar-refractivity contribution in [2.75, 3.05) is 31.8 Å². The molecule has 33 heavy (non-hydrogen) atoms. The fourth-order valence-electron chi connectivity index (χ4n) is 3.54. The Hall–Kier alpha value is -3.78. The van der Waals surface area contributed by atoms with Gasteiger partial charge >= 0.3 is 0 Å². The van der Waals surface area contributed by atoms with Crippen LogP contribution in [0, 0.1) is 0 Å². The quantitative estimate of drug-likeness (QED) is 0.396. The lowest BCUT2D eigenvalue weighted by atomic mass is 10.1. The number of hydrogen-bond donors (Lipinski definition) is 1. The maximum Gasteiger partial charge on any atom is 0.261 e. The highest BCUT2D eigenvalue weighted by molar-refractivity contribution is 7.99. The minimum atomic E-state index is -0.274. The van der Waals surface area contributed by atoms with Gasteiger partial charge in [0.2, 0.25) is 0 Å². The maximum atomic E-state index is 12.7. The summed E-state index contributed by atoms with van der Waals surface area (Å²) in [5.74, 6) is 0.773. The number of methoxy groups -OCH3 is 2. The van der Waals surface area contributed by atoms with Crippen molar-refractivity contribution < 1.29 is 23.9 Å². The number of thioether (sulfide) groups is 1. The zero-order valence-corrected chi connectivity index (χ0v) is 19.0. The predicted octanol–water partition coefficient (Wildman–Crippen LogP) is 4.34. The van der Waals surface area contributed by atoms with Gasteiger partial charge in [-0.05, 0) is 48.5 Å². The number of nitrogens with zero attached hydrogens (tertiary/aromatic N) is 1. The van der Waals surface area contributed by atoms with Crippen LogP contribution in [0.3, 0.4) is 0 Å². The Bertz CT molecular complexity index is 1190. The van der Waals surface area contributed by atoms with Crippen LogP contribution in [-0.2, 0) is 0 Å². The molecule has 1 heterocycles. The molecule has 0 fully saturated rings. The van der Waals surface area contributed by atoms with Gasteiger partial charge in [-0.2, -0.15) is 0 Å². The smallest absolute Gasteiger partial charge is 0.261 e. The Balaban J connectivity index is 1.36. The van der Waals surface area contributed by atoms with E-state index >= 15 is 0 Å². The molecular formula is C25H22N2O5S. The summed E-state index contributed by atoms with van der Waals surface area (Å²) in [6.07, 6.45) is 0. The fourth-order valence-corrected chi connectivity index (χ4v) is 4.44. The van der Waals surface area contributed by atoms with Crippen LogP contribution in [0.1, 0.15) is 31.1 Å². The van der Waals surface area contributed by atoms with Crippen molar-refractivity contribution >= 4 is 35.2 Å². The fraction of sp³-hybridized carbons (Fsp3) is 0.160. The molecule has 1 N–H and O–H groups in total. The normalized spacial score (nSPS) is 12.5. The number of amides is 3. The second kappa shape index (κ2) is 9.79. The average molecular weight is 463 g/mol. The van der Waals surface area contributed by atoms with Crippen LogP contribution in [0.15, 0.2) is 71.6 Å². The number of rotatable bonds is 8. The SMILES string of the molecule is COc1ccc(C(=O)Nc2cccc(SCCN3C(=O)c4ccccc4C3=O)c2)cc1OC. The third-order valence-corrected chi connectivity index (χ3v) is 6.17. The van der Waals surface area contributed by atoms with Crippen molar-refractivity contribution in [3.63, 3.8) is 0 Å². The van der Waals surface area contributed by atoms with Gasteiger partial charge in [-0.3, -0.25) is 19.3 Å². The molecule has 0 aromatic heterocycles. The van der Waals surface area contributed by atoms with Crippen LogP contribution in [0.2, 0.25) is 0 Å². The van der Waals surface area contributed by atoms with E-state index in [2.05, 4.69) is 5.32 Å². The van der Waals surface area contributed by atoms with Gasteiger partial charge in [0.1, 0.15) is 0 Å². The number of imide groups is 1. The second-order valence-corrected chi connectivity index (χ2v) is 8.38.